The van der Waals surface area contributed by atoms with Gasteiger partial charge in [-0.3, -0.25) is 0 Å². The molecule has 0 aromatic heterocycles. The van der Waals surface area contributed by atoms with Gasteiger partial charge in [0.15, 0.2) is 11.6 Å². The molecule has 1 N–H and O–H groups in total. The van der Waals surface area contributed by atoms with Gasteiger partial charge in [-0.15, -0.1) is 0 Å². The largest absolute Gasteiger partial charge is 0.490 e. The summed E-state index contributed by atoms with van der Waals surface area (Å²) in [5, 5.41) is 9.34. The van der Waals surface area contributed by atoms with Crippen molar-refractivity contribution in [1.82, 2.24) is 0 Å². The van der Waals surface area contributed by atoms with E-state index in [0.29, 0.717) is 6.61 Å². The van der Waals surface area contributed by atoms with E-state index < -0.39 is 17.7 Å². The first-order chi connectivity index (χ1) is 7.06. The highest BCUT2D eigenvalue weighted by molar-refractivity contribution is 5.37. The Bertz CT molecular complexity index is 338. The molecule has 0 bridgehead atoms. The van der Waals surface area contributed by atoms with Gasteiger partial charge in [0, 0.05) is 11.6 Å². The number of aliphatic hydroxyl groups is 1. The fraction of sp³-hybridized carbons (Fsp3) is 0.455. The van der Waals surface area contributed by atoms with E-state index in [2.05, 4.69) is 0 Å². The zero-order chi connectivity index (χ0) is 11.4. The summed E-state index contributed by atoms with van der Waals surface area (Å²) in [5.41, 5.74) is 0.140. The van der Waals surface area contributed by atoms with Crippen LogP contribution < -0.4 is 4.74 Å². The third kappa shape index (κ3) is 2.89. The summed E-state index contributed by atoms with van der Waals surface area (Å²) in [6, 6.07) is 1.83. The quantitative estimate of drug-likeness (QED) is 0.838. The van der Waals surface area contributed by atoms with Crippen molar-refractivity contribution in [2.45, 2.75) is 26.4 Å². The van der Waals surface area contributed by atoms with E-state index in [9.17, 15) is 13.9 Å². The van der Waals surface area contributed by atoms with Crippen LogP contribution in [0, 0.1) is 11.6 Å². The van der Waals surface area contributed by atoms with Gasteiger partial charge < -0.3 is 9.84 Å². The Morgan fingerprint density at radius 2 is 2.07 bits per heavy atom. The highest BCUT2D eigenvalue weighted by atomic mass is 19.1. The maximum atomic E-state index is 13.3. The molecular weight excluding hydrogens is 202 g/mol. The molecule has 0 aliphatic rings. The molecule has 0 saturated heterocycles. The van der Waals surface area contributed by atoms with Crippen LogP contribution in [0.2, 0.25) is 0 Å². The number of ether oxygens (including phenoxy) is 1. The van der Waals surface area contributed by atoms with Gasteiger partial charge in [-0.2, -0.15) is 0 Å². The van der Waals surface area contributed by atoms with Gasteiger partial charge in [0.2, 0.25) is 0 Å². The number of rotatable bonds is 4. The first kappa shape index (κ1) is 11.9. The van der Waals surface area contributed by atoms with Crippen LogP contribution in [-0.4, -0.2) is 11.7 Å². The van der Waals surface area contributed by atoms with Crippen LogP contribution in [0.25, 0.3) is 0 Å². The Morgan fingerprint density at radius 1 is 1.40 bits per heavy atom. The molecule has 0 aliphatic carbocycles. The van der Waals surface area contributed by atoms with Gasteiger partial charge in [0.25, 0.3) is 0 Å². The lowest BCUT2D eigenvalue weighted by molar-refractivity contribution is 0.188. The SMILES string of the molecule is CCCOc1c(F)cc(F)cc1[C@@H](C)O. The van der Waals surface area contributed by atoms with E-state index in [1.165, 1.54) is 6.92 Å². The average molecular weight is 216 g/mol. The maximum Gasteiger partial charge on any atom is 0.168 e. The Labute approximate surface area is 87.5 Å². The molecule has 84 valence electrons. The van der Waals surface area contributed by atoms with Crippen LogP contribution in [-0.2, 0) is 0 Å². The summed E-state index contributed by atoms with van der Waals surface area (Å²) in [7, 11) is 0. The molecular formula is C11H14F2O2. The van der Waals surface area contributed by atoms with E-state index in [-0.39, 0.29) is 11.3 Å². The molecule has 1 aromatic rings. The van der Waals surface area contributed by atoms with Crippen LogP contribution >= 0.6 is 0 Å². The molecule has 0 heterocycles. The number of aliphatic hydroxyl groups excluding tert-OH is 1. The van der Waals surface area contributed by atoms with Crippen molar-refractivity contribution in [3.63, 3.8) is 0 Å². The predicted octanol–water partition coefficient (Wildman–Crippen LogP) is 2.81. The molecule has 1 atom stereocenters. The van der Waals surface area contributed by atoms with Crippen LogP contribution in [0.5, 0.6) is 5.75 Å². The number of hydrogen-bond donors (Lipinski definition) is 1. The molecule has 4 heteroatoms. The third-order valence-corrected chi connectivity index (χ3v) is 1.94. The molecule has 0 unspecified atom stereocenters. The van der Waals surface area contributed by atoms with Gasteiger partial charge >= 0.3 is 0 Å². The molecule has 0 amide bonds. The van der Waals surface area contributed by atoms with E-state index in [1.807, 2.05) is 6.92 Å². The molecule has 0 fully saturated rings. The molecule has 2 nitrogen and oxygen atoms in total. The standard InChI is InChI=1S/C11H14F2O2/c1-3-4-15-11-9(7(2)14)5-8(12)6-10(11)13/h5-7,14H,3-4H2,1-2H3/t7-/m1/s1. The van der Waals surface area contributed by atoms with Crippen molar-refractivity contribution in [3.8, 4) is 5.75 Å². The second-order valence-electron chi connectivity index (χ2n) is 3.33. The molecule has 1 aromatic carbocycles. The maximum absolute atomic E-state index is 13.3. The van der Waals surface area contributed by atoms with E-state index in [4.69, 9.17) is 4.74 Å². The van der Waals surface area contributed by atoms with E-state index in [1.54, 1.807) is 0 Å². The van der Waals surface area contributed by atoms with Crippen LogP contribution in [0.1, 0.15) is 31.9 Å². The predicted molar refractivity (Wildman–Crippen MR) is 52.8 cm³/mol. The highest BCUT2D eigenvalue weighted by Gasteiger charge is 2.16. The zero-order valence-corrected chi connectivity index (χ0v) is 8.76. The lowest BCUT2D eigenvalue weighted by Crippen LogP contribution is -2.04. The van der Waals surface area contributed by atoms with E-state index >= 15 is 0 Å². The summed E-state index contributed by atoms with van der Waals surface area (Å²) in [4.78, 5) is 0. The summed E-state index contributed by atoms with van der Waals surface area (Å²) >= 11 is 0. The lowest BCUT2D eigenvalue weighted by Gasteiger charge is -2.13. The van der Waals surface area contributed by atoms with Gasteiger partial charge in [-0.05, 0) is 19.4 Å². The minimum atomic E-state index is -0.956. The Kier molecular flexibility index (Phi) is 4.03. The molecule has 0 saturated carbocycles. The van der Waals surface area contributed by atoms with Crippen molar-refractivity contribution < 1.29 is 18.6 Å². The number of halogens is 2. The molecule has 0 radical (unpaired) electrons. The summed E-state index contributed by atoms with van der Waals surface area (Å²) in [6.45, 7) is 3.65. The molecule has 0 aliphatic heterocycles. The third-order valence-electron chi connectivity index (χ3n) is 1.94. The van der Waals surface area contributed by atoms with Gasteiger partial charge in [0.1, 0.15) is 5.82 Å². The lowest BCUT2D eigenvalue weighted by atomic mass is 10.1. The summed E-state index contributed by atoms with van der Waals surface area (Å²) < 4.78 is 31.3. The van der Waals surface area contributed by atoms with Gasteiger partial charge in [0.05, 0.1) is 12.7 Å². The fourth-order valence-corrected chi connectivity index (χ4v) is 1.25. The van der Waals surface area contributed by atoms with Gasteiger partial charge in [-0.25, -0.2) is 8.78 Å². The average Bonchev–Trinajstić information content (AvgIpc) is 2.15. The second kappa shape index (κ2) is 5.07. The van der Waals surface area contributed by atoms with Gasteiger partial charge in [-0.1, -0.05) is 6.92 Å². The number of hydrogen-bond acceptors (Lipinski definition) is 2. The second-order valence-corrected chi connectivity index (χ2v) is 3.33. The normalized spacial score (nSPS) is 12.6. The van der Waals surface area contributed by atoms with Crippen LogP contribution in [0.15, 0.2) is 12.1 Å². The number of benzene rings is 1. The Morgan fingerprint density at radius 3 is 2.60 bits per heavy atom. The fourth-order valence-electron chi connectivity index (χ4n) is 1.25. The smallest absolute Gasteiger partial charge is 0.168 e. The monoisotopic (exact) mass is 216 g/mol. The topological polar surface area (TPSA) is 29.5 Å². The van der Waals surface area contributed by atoms with Crippen LogP contribution in [0.3, 0.4) is 0 Å². The van der Waals surface area contributed by atoms with Crippen molar-refractivity contribution in [2.24, 2.45) is 0 Å². The minimum Gasteiger partial charge on any atom is -0.490 e. The van der Waals surface area contributed by atoms with Crippen molar-refractivity contribution >= 4 is 0 Å². The van der Waals surface area contributed by atoms with E-state index in [0.717, 1.165) is 18.6 Å². The summed E-state index contributed by atoms with van der Waals surface area (Å²) in [6.07, 6.45) is -0.238. The first-order valence-corrected chi connectivity index (χ1v) is 4.86. The molecule has 0 spiro atoms. The van der Waals surface area contributed by atoms with Crippen molar-refractivity contribution in [1.29, 1.82) is 0 Å². The van der Waals surface area contributed by atoms with Crippen molar-refractivity contribution in [2.75, 3.05) is 6.61 Å². The molecule has 1 rings (SSSR count). The molecule has 15 heavy (non-hydrogen) atoms. The van der Waals surface area contributed by atoms with Crippen molar-refractivity contribution in [3.05, 3.63) is 29.3 Å². The zero-order valence-electron chi connectivity index (χ0n) is 8.76. The minimum absolute atomic E-state index is 0.0618. The Balaban J connectivity index is 3.09. The highest BCUT2D eigenvalue weighted by Crippen LogP contribution is 2.29. The summed E-state index contributed by atoms with van der Waals surface area (Å²) in [5.74, 6) is -1.56. The Hall–Kier alpha value is -1.16. The first-order valence-electron chi connectivity index (χ1n) is 4.86. The van der Waals surface area contributed by atoms with Crippen LogP contribution in [0.4, 0.5) is 8.78 Å².